The Kier molecular flexibility index (Phi) is 6.04. The summed E-state index contributed by atoms with van der Waals surface area (Å²) in [4.78, 5) is 0. The van der Waals surface area contributed by atoms with Crippen LogP contribution in [0.1, 0.15) is 5.56 Å². The minimum atomic E-state index is -3.22. The molecule has 0 amide bonds. The van der Waals surface area contributed by atoms with E-state index in [1.165, 1.54) is 5.56 Å². The fraction of sp³-hybridized carbons (Fsp3) is 0.143. The Hall–Kier alpha value is 0.320. The zero-order chi connectivity index (χ0) is 9.61. The van der Waals surface area contributed by atoms with Crippen molar-refractivity contribution in [2.24, 2.45) is 0 Å². The van der Waals surface area contributed by atoms with Crippen molar-refractivity contribution in [3.63, 3.8) is 0 Å². The van der Waals surface area contributed by atoms with Crippen molar-refractivity contribution in [1.29, 1.82) is 0 Å². The van der Waals surface area contributed by atoms with Crippen LogP contribution < -0.4 is 0 Å². The number of halogens is 3. The number of hydrogen-bond donors (Lipinski definition) is 0. The summed E-state index contributed by atoms with van der Waals surface area (Å²) in [6.07, 6.45) is 0. The molecule has 0 radical (unpaired) electrons. The van der Waals surface area contributed by atoms with Gasteiger partial charge in [0.1, 0.15) is 0 Å². The lowest BCUT2D eigenvalue weighted by molar-refractivity contribution is 0.600. The summed E-state index contributed by atoms with van der Waals surface area (Å²) in [5.74, 6) is 0. The quantitative estimate of drug-likeness (QED) is 0.600. The molecule has 12 heavy (non-hydrogen) atoms. The topological polar surface area (TPSA) is 17.1 Å². The molecular formula is C7H8Cl3OP. The molecule has 1 aromatic carbocycles. The number of rotatable bonds is 0. The molecular weight excluding hydrogens is 237 g/mol. The Bertz CT molecular complexity index is 248. The van der Waals surface area contributed by atoms with Gasteiger partial charge in [0.2, 0.25) is 0 Å². The van der Waals surface area contributed by atoms with Crippen LogP contribution in [0.25, 0.3) is 0 Å². The third-order valence-electron chi connectivity index (χ3n) is 0.940. The summed E-state index contributed by atoms with van der Waals surface area (Å²) < 4.78 is 9.51. The van der Waals surface area contributed by atoms with E-state index in [-0.39, 0.29) is 0 Å². The summed E-state index contributed by atoms with van der Waals surface area (Å²) in [6.45, 7) is 2.08. The van der Waals surface area contributed by atoms with Gasteiger partial charge in [0.25, 0.3) is 0 Å². The summed E-state index contributed by atoms with van der Waals surface area (Å²) in [6, 6.07) is 10.3. The van der Waals surface area contributed by atoms with Crippen LogP contribution in [0.5, 0.6) is 0 Å². The number of aryl methyl sites for hydroxylation is 1. The van der Waals surface area contributed by atoms with Crippen molar-refractivity contribution in [3.05, 3.63) is 35.9 Å². The Balaban J connectivity index is 0.000000217. The van der Waals surface area contributed by atoms with Crippen molar-refractivity contribution in [2.45, 2.75) is 6.92 Å². The third kappa shape index (κ3) is 12.9. The van der Waals surface area contributed by atoms with Gasteiger partial charge in [0.05, 0.1) is 0 Å². The highest BCUT2D eigenvalue weighted by Crippen LogP contribution is 2.61. The summed E-state index contributed by atoms with van der Waals surface area (Å²) in [5, 5.41) is -3.22. The number of hydrogen-bond acceptors (Lipinski definition) is 1. The van der Waals surface area contributed by atoms with E-state index >= 15 is 0 Å². The minimum Gasteiger partial charge on any atom is -0.271 e. The normalized spacial score (nSPS) is 10.0. The van der Waals surface area contributed by atoms with Crippen molar-refractivity contribution in [3.8, 4) is 0 Å². The van der Waals surface area contributed by atoms with Gasteiger partial charge in [-0.3, -0.25) is 4.57 Å². The Morgan fingerprint density at radius 2 is 1.42 bits per heavy atom. The molecule has 1 nitrogen and oxygen atoms in total. The Labute approximate surface area is 86.4 Å². The van der Waals surface area contributed by atoms with E-state index in [4.69, 9.17) is 0 Å². The van der Waals surface area contributed by atoms with Gasteiger partial charge in [0, 0.05) is 0 Å². The first-order valence-electron chi connectivity index (χ1n) is 3.10. The lowest BCUT2D eigenvalue weighted by Crippen LogP contribution is -1.62. The molecule has 1 rings (SSSR count). The SMILES string of the molecule is Cc1ccccc1.O=P(Cl)(Cl)Cl. The second kappa shape index (κ2) is 5.88. The van der Waals surface area contributed by atoms with Gasteiger partial charge in [-0.1, -0.05) is 35.9 Å². The second-order valence-corrected chi connectivity index (χ2v) is 8.69. The maximum Gasteiger partial charge on any atom is 0.339 e. The molecule has 0 atom stereocenters. The van der Waals surface area contributed by atoms with Crippen LogP contribution in [0.3, 0.4) is 0 Å². The van der Waals surface area contributed by atoms with Gasteiger partial charge in [-0.05, 0) is 40.6 Å². The highest BCUT2D eigenvalue weighted by atomic mass is 36.0. The molecule has 0 saturated carbocycles. The van der Waals surface area contributed by atoms with Crippen LogP contribution in [0, 0.1) is 6.92 Å². The zero-order valence-electron chi connectivity index (χ0n) is 6.38. The van der Waals surface area contributed by atoms with E-state index in [1.54, 1.807) is 0 Å². The van der Waals surface area contributed by atoms with Gasteiger partial charge >= 0.3 is 5.20 Å². The van der Waals surface area contributed by atoms with E-state index in [1.807, 2.05) is 18.2 Å². The molecule has 0 unspecified atom stereocenters. The largest absolute Gasteiger partial charge is 0.339 e. The molecule has 0 aliphatic rings. The maximum atomic E-state index is 9.51. The molecule has 5 heteroatoms. The molecule has 68 valence electrons. The van der Waals surface area contributed by atoms with Gasteiger partial charge in [0.15, 0.2) is 0 Å². The third-order valence-corrected chi connectivity index (χ3v) is 0.940. The van der Waals surface area contributed by atoms with Gasteiger partial charge < -0.3 is 0 Å². The van der Waals surface area contributed by atoms with Gasteiger partial charge in [-0.25, -0.2) is 0 Å². The number of benzene rings is 1. The standard InChI is InChI=1S/C7H8.Cl3OP/c1-7-5-3-2-4-6-7;1-5(2,3)4/h2-6H,1H3;. The first kappa shape index (κ1) is 12.3. The van der Waals surface area contributed by atoms with Crippen LogP contribution >= 0.6 is 38.9 Å². The Morgan fingerprint density at radius 3 is 1.58 bits per heavy atom. The molecule has 0 N–H and O–H groups in total. The van der Waals surface area contributed by atoms with E-state index in [0.717, 1.165) is 0 Å². The zero-order valence-corrected chi connectivity index (χ0v) is 9.54. The minimum absolute atomic E-state index is 1.32. The first-order valence-corrected chi connectivity index (χ1v) is 7.52. The van der Waals surface area contributed by atoms with Gasteiger partial charge in [-0.2, -0.15) is 0 Å². The molecule has 0 bridgehead atoms. The van der Waals surface area contributed by atoms with Crippen molar-refractivity contribution >= 4 is 38.9 Å². The fourth-order valence-corrected chi connectivity index (χ4v) is 0.534. The average Bonchev–Trinajstić information content (AvgIpc) is 1.85. The van der Waals surface area contributed by atoms with E-state index in [9.17, 15) is 4.57 Å². The first-order chi connectivity index (χ1) is 5.39. The predicted octanol–water partition coefficient (Wildman–Crippen LogP) is 4.81. The lowest BCUT2D eigenvalue weighted by Gasteiger charge is -1.82. The molecule has 0 saturated heterocycles. The van der Waals surface area contributed by atoms with Crippen LogP contribution in [0.2, 0.25) is 0 Å². The van der Waals surface area contributed by atoms with Crippen LogP contribution in [0.4, 0.5) is 0 Å². The van der Waals surface area contributed by atoms with Crippen molar-refractivity contribution in [1.82, 2.24) is 0 Å². The Morgan fingerprint density at radius 1 is 1.08 bits per heavy atom. The monoisotopic (exact) mass is 244 g/mol. The molecule has 0 fully saturated rings. The fourth-order valence-electron chi connectivity index (χ4n) is 0.534. The maximum absolute atomic E-state index is 9.51. The lowest BCUT2D eigenvalue weighted by atomic mass is 10.2. The summed E-state index contributed by atoms with van der Waals surface area (Å²) >= 11 is 13.8. The van der Waals surface area contributed by atoms with Crippen LogP contribution in [0.15, 0.2) is 30.3 Å². The molecule has 0 spiro atoms. The summed E-state index contributed by atoms with van der Waals surface area (Å²) in [7, 11) is 0. The van der Waals surface area contributed by atoms with E-state index < -0.39 is 5.20 Å². The second-order valence-electron chi connectivity index (χ2n) is 2.05. The molecule has 0 heterocycles. The van der Waals surface area contributed by atoms with Crippen molar-refractivity contribution < 1.29 is 4.57 Å². The van der Waals surface area contributed by atoms with Gasteiger partial charge in [-0.15, -0.1) is 0 Å². The molecule has 0 aliphatic heterocycles. The predicted molar refractivity (Wildman–Crippen MR) is 56.3 cm³/mol. The average molecular weight is 245 g/mol. The molecule has 0 aliphatic carbocycles. The molecule has 1 aromatic rings. The smallest absolute Gasteiger partial charge is 0.271 e. The van der Waals surface area contributed by atoms with E-state index in [0.29, 0.717) is 0 Å². The highest BCUT2D eigenvalue weighted by Gasteiger charge is 2.02. The summed E-state index contributed by atoms with van der Waals surface area (Å²) in [5.41, 5.74) is 1.32. The molecule has 0 aromatic heterocycles. The highest BCUT2D eigenvalue weighted by molar-refractivity contribution is 8.24. The van der Waals surface area contributed by atoms with Crippen LogP contribution in [-0.4, -0.2) is 0 Å². The van der Waals surface area contributed by atoms with Crippen LogP contribution in [-0.2, 0) is 4.57 Å². The van der Waals surface area contributed by atoms with E-state index in [2.05, 4.69) is 52.8 Å². The van der Waals surface area contributed by atoms with Crippen molar-refractivity contribution in [2.75, 3.05) is 0 Å².